The van der Waals surface area contributed by atoms with Crippen LogP contribution >= 0.6 is 11.6 Å². The highest BCUT2D eigenvalue weighted by Gasteiger charge is 2.33. The lowest BCUT2D eigenvalue weighted by Crippen LogP contribution is -2.39. The van der Waals surface area contributed by atoms with Gasteiger partial charge in [-0.2, -0.15) is 5.10 Å². The number of nitrogens with zero attached hydrogens (tertiary/aromatic N) is 5. The van der Waals surface area contributed by atoms with Gasteiger partial charge in [0, 0.05) is 42.0 Å². The number of nitrogens with one attached hydrogen (secondary N) is 1. The second-order valence-corrected chi connectivity index (χ2v) is 12.3. The molecule has 2 aromatic heterocycles. The Kier molecular flexibility index (Phi) is 7.06. The van der Waals surface area contributed by atoms with Gasteiger partial charge in [-0.1, -0.05) is 18.5 Å². The fourth-order valence-corrected chi connectivity index (χ4v) is 6.38. The predicted octanol–water partition coefficient (Wildman–Crippen LogP) is 4.81. The molecule has 2 atom stereocenters. The fourth-order valence-electron chi connectivity index (χ4n) is 5.63. The Morgan fingerprint density at radius 1 is 1.16 bits per heavy atom. The van der Waals surface area contributed by atoms with E-state index < -0.39 is 10.0 Å². The molecule has 2 aliphatic rings. The molecule has 0 saturated carbocycles. The van der Waals surface area contributed by atoms with Crippen LogP contribution in [0.4, 0.5) is 11.5 Å². The largest absolute Gasteiger partial charge is 0.353 e. The number of aryl methyl sites for hydroxylation is 1. The van der Waals surface area contributed by atoms with Crippen LogP contribution in [0.5, 0.6) is 0 Å². The van der Waals surface area contributed by atoms with E-state index >= 15 is 0 Å². The number of aromatic nitrogens is 3. The zero-order valence-corrected chi connectivity index (χ0v) is 23.0. The van der Waals surface area contributed by atoms with E-state index in [0.717, 1.165) is 61.2 Å². The highest BCUT2D eigenvalue weighted by Crippen LogP contribution is 2.35. The monoisotopic (exact) mass is 544 g/mol. The second kappa shape index (κ2) is 10.1. The molecule has 11 heteroatoms. The van der Waals surface area contributed by atoms with Crippen LogP contribution in [0, 0.1) is 6.92 Å². The lowest BCUT2D eigenvalue weighted by molar-refractivity contribution is 0.0607. The highest BCUT2D eigenvalue weighted by atomic mass is 35.5. The maximum Gasteiger partial charge on any atom is 0.256 e. The van der Waals surface area contributed by atoms with Crippen molar-refractivity contribution in [3.05, 3.63) is 52.3 Å². The summed E-state index contributed by atoms with van der Waals surface area (Å²) in [5, 5.41) is 5.20. The number of hydrogen-bond donors (Lipinski definition) is 1. The van der Waals surface area contributed by atoms with E-state index in [4.69, 9.17) is 21.7 Å². The first-order valence-electron chi connectivity index (χ1n) is 12.9. The quantitative estimate of drug-likeness (QED) is 0.478. The average molecular weight is 545 g/mol. The first kappa shape index (κ1) is 25.8. The van der Waals surface area contributed by atoms with Crippen molar-refractivity contribution < 1.29 is 13.2 Å². The van der Waals surface area contributed by atoms with E-state index in [-0.39, 0.29) is 23.2 Å². The molecule has 37 heavy (non-hydrogen) atoms. The van der Waals surface area contributed by atoms with Crippen LogP contribution in [0.3, 0.4) is 0 Å². The van der Waals surface area contributed by atoms with Gasteiger partial charge in [-0.25, -0.2) is 17.9 Å². The lowest BCUT2D eigenvalue weighted by Gasteiger charge is -2.35. The van der Waals surface area contributed by atoms with Gasteiger partial charge < -0.3 is 9.80 Å². The molecule has 3 aromatic rings. The number of anilines is 2. The maximum atomic E-state index is 13.8. The summed E-state index contributed by atoms with van der Waals surface area (Å²) < 4.78 is 28.1. The van der Waals surface area contributed by atoms with Gasteiger partial charge in [-0.3, -0.25) is 9.52 Å². The minimum atomic E-state index is -3.57. The fraction of sp³-hybridized carbons (Fsp3) is 0.500. The molecule has 0 radical (unpaired) electrons. The summed E-state index contributed by atoms with van der Waals surface area (Å²) in [6.07, 6.45) is 9.13. The van der Waals surface area contributed by atoms with Crippen molar-refractivity contribution in [1.29, 1.82) is 0 Å². The van der Waals surface area contributed by atoms with Gasteiger partial charge >= 0.3 is 0 Å². The molecule has 1 aromatic carbocycles. The number of sulfonamides is 1. The number of fused-ring (bicyclic) bond motifs is 1. The van der Waals surface area contributed by atoms with Crippen LogP contribution in [-0.2, 0) is 10.0 Å². The summed E-state index contributed by atoms with van der Waals surface area (Å²) in [5.41, 5.74) is 3.07. The van der Waals surface area contributed by atoms with Crippen LogP contribution < -0.4 is 9.62 Å². The molecule has 2 aliphatic heterocycles. The minimum absolute atomic E-state index is 0.217. The predicted molar refractivity (Wildman–Crippen MR) is 146 cm³/mol. The van der Waals surface area contributed by atoms with Crippen molar-refractivity contribution >= 4 is 44.7 Å². The Morgan fingerprint density at radius 3 is 2.73 bits per heavy atom. The van der Waals surface area contributed by atoms with Gasteiger partial charge in [0.2, 0.25) is 10.0 Å². The highest BCUT2D eigenvalue weighted by molar-refractivity contribution is 7.92. The summed E-state index contributed by atoms with van der Waals surface area (Å²) >= 11 is 6.21. The standard InChI is InChI=1S/C26H33ClN6O3S/c1-4-19-8-7-13-31(19)25-17(2)16-33-24(28-25)15-22(29-33)23-9-5-6-12-32(23)26(34)20-14-18(27)10-11-21(20)30-37(3,35)36/h10-11,14-16,19,23,30H,4-9,12-13H2,1-3H3/t19-,23+/m1/s1. The van der Waals surface area contributed by atoms with Gasteiger partial charge in [0.1, 0.15) is 5.82 Å². The molecule has 0 bridgehead atoms. The molecule has 5 rings (SSSR count). The number of amides is 1. The van der Waals surface area contributed by atoms with Gasteiger partial charge in [0.05, 0.1) is 29.2 Å². The molecule has 0 spiro atoms. The van der Waals surface area contributed by atoms with E-state index in [2.05, 4.69) is 23.5 Å². The van der Waals surface area contributed by atoms with E-state index in [1.807, 2.05) is 12.3 Å². The Hall–Kier alpha value is -2.85. The molecule has 1 amide bonds. The number of rotatable bonds is 6. The lowest BCUT2D eigenvalue weighted by atomic mass is 9.98. The number of carbonyl (C=O) groups is 1. The molecule has 0 aliphatic carbocycles. The van der Waals surface area contributed by atoms with Crippen LogP contribution in [0.2, 0.25) is 5.02 Å². The van der Waals surface area contributed by atoms with E-state index in [1.54, 1.807) is 15.5 Å². The third-order valence-corrected chi connectivity index (χ3v) is 8.18. The number of halogens is 1. The molecular formula is C26H33ClN6O3S. The molecule has 1 N–H and O–H groups in total. The van der Waals surface area contributed by atoms with E-state index in [1.165, 1.54) is 25.0 Å². The zero-order valence-electron chi connectivity index (χ0n) is 21.4. The SMILES string of the molecule is CC[C@@H]1CCCN1c1nc2cc([C@@H]3CCCCN3C(=O)c3cc(Cl)ccc3NS(C)(=O)=O)nn2cc1C. The van der Waals surface area contributed by atoms with Crippen molar-refractivity contribution in [3.63, 3.8) is 0 Å². The summed E-state index contributed by atoms with van der Waals surface area (Å²) in [6, 6.07) is 6.85. The normalized spacial score (nSPS) is 20.5. The van der Waals surface area contributed by atoms with Gasteiger partial charge in [0.15, 0.2) is 5.65 Å². The Balaban J connectivity index is 1.49. The second-order valence-electron chi connectivity index (χ2n) is 10.1. The topological polar surface area (TPSA) is 99.9 Å². The van der Waals surface area contributed by atoms with Crippen molar-refractivity contribution in [2.75, 3.05) is 29.0 Å². The molecule has 0 unspecified atom stereocenters. The average Bonchev–Trinajstić information content (AvgIpc) is 3.49. The van der Waals surface area contributed by atoms with Crippen molar-refractivity contribution in [1.82, 2.24) is 19.5 Å². The molecule has 198 valence electrons. The summed E-state index contributed by atoms with van der Waals surface area (Å²) in [6.45, 7) is 5.85. The first-order chi connectivity index (χ1) is 17.6. The Labute approximate surface area is 222 Å². The molecule has 9 nitrogen and oxygen atoms in total. The van der Waals surface area contributed by atoms with Gasteiger partial charge in [-0.15, -0.1) is 0 Å². The van der Waals surface area contributed by atoms with Crippen molar-refractivity contribution in [3.8, 4) is 0 Å². The number of likely N-dealkylation sites (tertiary alicyclic amines) is 1. The minimum Gasteiger partial charge on any atom is -0.353 e. The number of benzene rings is 1. The Bertz CT molecular complexity index is 1440. The number of carbonyl (C=O) groups excluding carboxylic acids is 1. The number of hydrogen-bond acceptors (Lipinski definition) is 6. The van der Waals surface area contributed by atoms with E-state index in [0.29, 0.717) is 17.6 Å². The third-order valence-electron chi connectivity index (χ3n) is 7.36. The van der Waals surface area contributed by atoms with Crippen LogP contribution in [-0.4, -0.2) is 59.2 Å². The van der Waals surface area contributed by atoms with Crippen molar-refractivity contribution in [2.45, 2.75) is 64.5 Å². The molecule has 2 saturated heterocycles. The van der Waals surface area contributed by atoms with Crippen LogP contribution in [0.25, 0.3) is 5.65 Å². The molecule has 2 fully saturated rings. The van der Waals surface area contributed by atoms with Gasteiger partial charge in [0.25, 0.3) is 5.91 Å². The van der Waals surface area contributed by atoms with E-state index in [9.17, 15) is 13.2 Å². The molecular weight excluding hydrogens is 512 g/mol. The third kappa shape index (κ3) is 5.27. The summed E-state index contributed by atoms with van der Waals surface area (Å²) in [7, 11) is -3.57. The van der Waals surface area contributed by atoms with Crippen LogP contribution in [0.15, 0.2) is 30.5 Å². The zero-order chi connectivity index (χ0) is 26.3. The van der Waals surface area contributed by atoms with Gasteiger partial charge in [-0.05, 0) is 63.6 Å². The smallest absolute Gasteiger partial charge is 0.256 e. The van der Waals surface area contributed by atoms with Crippen LogP contribution in [0.1, 0.15) is 73.1 Å². The maximum absolute atomic E-state index is 13.8. The number of piperidine rings is 1. The summed E-state index contributed by atoms with van der Waals surface area (Å²) in [5.74, 6) is 0.735. The van der Waals surface area contributed by atoms with Crippen molar-refractivity contribution in [2.24, 2.45) is 0 Å². The first-order valence-corrected chi connectivity index (χ1v) is 15.1. The molecule has 4 heterocycles. The Morgan fingerprint density at radius 2 is 1.97 bits per heavy atom. The summed E-state index contributed by atoms with van der Waals surface area (Å²) in [4.78, 5) is 23.0.